The lowest BCUT2D eigenvalue weighted by atomic mass is 9.91. The minimum absolute atomic E-state index is 0.0296. The van der Waals surface area contributed by atoms with Crippen LogP contribution in [0.15, 0.2) is 60.9 Å². The summed E-state index contributed by atoms with van der Waals surface area (Å²) in [5, 5.41) is 2.97. The molecule has 2 heterocycles. The summed E-state index contributed by atoms with van der Waals surface area (Å²) in [6, 6.07) is 14.5. The fourth-order valence-corrected chi connectivity index (χ4v) is 3.75. The smallest absolute Gasteiger partial charge is 0.243 e. The van der Waals surface area contributed by atoms with Crippen molar-refractivity contribution in [1.29, 1.82) is 0 Å². The van der Waals surface area contributed by atoms with Crippen LogP contribution in [0.2, 0.25) is 0 Å². The van der Waals surface area contributed by atoms with Crippen LogP contribution in [0.3, 0.4) is 0 Å². The zero-order chi connectivity index (χ0) is 19.4. The molecule has 0 atom stereocenters. The van der Waals surface area contributed by atoms with E-state index in [1.807, 2.05) is 12.1 Å². The van der Waals surface area contributed by atoms with Crippen molar-refractivity contribution in [2.75, 3.05) is 19.6 Å². The lowest BCUT2D eigenvalue weighted by Crippen LogP contribution is -2.33. The van der Waals surface area contributed by atoms with Gasteiger partial charge in [-0.15, -0.1) is 0 Å². The zero-order valence-corrected chi connectivity index (χ0v) is 16.6. The molecule has 1 aromatic carbocycles. The van der Waals surface area contributed by atoms with Gasteiger partial charge in [-0.05, 0) is 61.5 Å². The number of benzene rings is 1. The number of likely N-dealkylation sites (tertiary alicyclic amines) is 1. The molecule has 148 valence electrons. The predicted molar refractivity (Wildman–Crippen MR) is 115 cm³/mol. The van der Waals surface area contributed by atoms with E-state index >= 15 is 0 Å². The van der Waals surface area contributed by atoms with E-state index in [-0.39, 0.29) is 5.91 Å². The lowest BCUT2D eigenvalue weighted by Gasteiger charge is -2.32. The predicted octanol–water partition coefficient (Wildman–Crippen LogP) is 4.29. The van der Waals surface area contributed by atoms with Crippen molar-refractivity contribution in [3.8, 4) is 0 Å². The summed E-state index contributed by atoms with van der Waals surface area (Å²) in [6.07, 6.45) is 13.0. The first-order valence-electron chi connectivity index (χ1n) is 10.4. The molecule has 0 spiro atoms. The third kappa shape index (κ3) is 7.28. The van der Waals surface area contributed by atoms with Crippen LogP contribution in [0.4, 0.5) is 0 Å². The molecule has 1 N–H and O–H groups in total. The number of amides is 1. The molecule has 0 saturated carbocycles. The zero-order valence-electron chi connectivity index (χ0n) is 16.6. The second-order valence-electron chi connectivity index (χ2n) is 7.61. The molecule has 3 rings (SSSR count). The van der Waals surface area contributed by atoms with Crippen LogP contribution in [0.5, 0.6) is 0 Å². The second-order valence-corrected chi connectivity index (χ2v) is 7.61. The molecule has 0 radical (unpaired) electrons. The molecule has 1 amide bonds. The Kier molecular flexibility index (Phi) is 8.26. The van der Waals surface area contributed by atoms with Gasteiger partial charge < -0.3 is 5.32 Å². The summed E-state index contributed by atoms with van der Waals surface area (Å²) in [6.45, 7) is 4.24. The Morgan fingerprint density at radius 2 is 1.93 bits per heavy atom. The molecule has 1 aromatic heterocycles. The van der Waals surface area contributed by atoms with Gasteiger partial charge in [0.1, 0.15) is 0 Å². The Morgan fingerprint density at radius 3 is 2.68 bits per heavy atom. The molecule has 28 heavy (non-hydrogen) atoms. The first kappa shape index (κ1) is 20.3. The van der Waals surface area contributed by atoms with E-state index in [0.717, 1.165) is 31.0 Å². The molecule has 1 saturated heterocycles. The Balaban J connectivity index is 1.23. The van der Waals surface area contributed by atoms with Gasteiger partial charge in [0.15, 0.2) is 0 Å². The summed E-state index contributed by atoms with van der Waals surface area (Å²) in [7, 11) is 0. The maximum absolute atomic E-state index is 11.8. The molecule has 0 aliphatic carbocycles. The Hall–Kier alpha value is -2.46. The van der Waals surface area contributed by atoms with Crippen LogP contribution in [0.1, 0.15) is 43.2 Å². The van der Waals surface area contributed by atoms with E-state index in [0.29, 0.717) is 0 Å². The first-order valence-corrected chi connectivity index (χ1v) is 10.4. The lowest BCUT2D eigenvalue weighted by molar-refractivity contribution is -0.116. The highest BCUT2D eigenvalue weighted by atomic mass is 16.1. The topological polar surface area (TPSA) is 45.2 Å². The SMILES string of the molecule is O=C(/C=C/c1cccnc1)NCCCCC1CCN(Cc2ccccc2)CC1. The van der Waals surface area contributed by atoms with E-state index in [1.165, 1.54) is 44.3 Å². The van der Waals surface area contributed by atoms with Gasteiger partial charge in [0.2, 0.25) is 5.91 Å². The number of carbonyl (C=O) groups is 1. The first-order chi connectivity index (χ1) is 13.8. The van der Waals surface area contributed by atoms with Gasteiger partial charge in [0.25, 0.3) is 0 Å². The van der Waals surface area contributed by atoms with Gasteiger partial charge in [-0.25, -0.2) is 0 Å². The van der Waals surface area contributed by atoms with Gasteiger partial charge in [-0.3, -0.25) is 14.7 Å². The quantitative estimate of drug-likeness (QED) is 0.524. The number of piperidine rings is 1. The number of pyridine rings is 1. The fourth-order valence-electron chi connectivity index (χ4n) is 3.75. The van der Waals surface area contributed by atoms with Crippen molar-refractivity contribution in [2.45, 2.75) is 38.6 Å². The molecule has 0 unspecified atom stereocenters. The number of nitrogens with zero attached hydrogens (tertiary/aromatic N) is 2. The summed E-state index contributed by atoms with van der Waals surface area (Å²) >= 11 is 0. The normalized spacial score (nSPS) is 15.7. The highest BCUT2D eigenvalue weighted by Gasteiger charge is 2.18. The largest absolute Gasteiger partial charge is 0.353 e. The van der Waals surface area contributed by atoms with Gasteiger partial charge >= 0.3 is 0 Å². The monoisotopic (exact) mass is 377 g/mol. The van der Waals surface area contributed by atoms with E-state index < -0.39 is 0 Å². The molecule has 1 fully saturated rings. The van der Waals surface area contributed by atoms with E-state index in [2.05, 4.69) is 45.5 Å². The average Bonchev–Trinajstić information content (AvgIpc) is 2.75. The number of carbonyl (C=O) groups excluding carboxylic acids is 1. The van der Waals surface area contributed by atoms with Gasteiger partial charge in [-0.1, -0.05) is 49.2 Å². The average molecular weight is 378 g/mol. The van der Waals surface area contributed by atoms with Gasteiger partial charge in [0, 0.05) is 31.6 Å². The fraction of sp³-hybridized carbons (Fsp3) is 0.417. The molecule has 1 aliphatic heterocycles. The number of aromatic nitrogens is 1. The number of hydrogen-bond acceptors (Lipinski definition) is 3. The second kappa shape index (κ2) is 11.4. The van der Waals surface area contributed by atoms with Crippen molar-refractivity contribution >= 4 is 12.0 Å². The van der Waals surface area contributed by atoms with E-state index in [1.54, 1.807) is 24.5 Å². The molecular weight excluding hydrogens is 346 g/mol. The minimum atomic E-state index is -0.0296. The van der Waals surface area contributed by atoms with Crippen LogP contribution in [0, 0.1) is 5.92 Å². The van der Waals surface area contributed by atoms with Crippen molar-refractivity contribution < 1.29 is 4.79 Å². The van der Waals surface area contributed by atoms with Crippen LogP contribution in [-0.2, 0) is 11.3 Å². The Morgan fingerprint density at radius 1 is 1.11 bits per heavy atom. The molecule has 4 nitrogen and oxygen atoms in total. The molecular formula is C24H31N3O. The maximum atomic E-state index is 11.8. The van der Waals surface area contributed by atoms with Crippen LogP contribution >= 0.6 is 0 Å². The minimum Gasteiger partial charge on any atom is -0.353 e. The van der Waals surface area contributed by atoms with Gasteiger partial charge in [0.05, 0.1) is 0 Å². The maximum Gasteiger partial charge on any atom is 0.243 e. The summed E-state index contributed by atoms with van der Waals surface area (Å²) < 4.78 is 0. The summed E-state index contributed by atoms with van der Waals surface area (Å²) in [4.78, 5) is 18.4. The third-order valence-corrected chi connectivity index (χ3v) is 5.41. The van der Waals surface area contributed by atoms with Gasteiger partial charge in [-0.2, -0.15) is 0 Å². The van der Waals surface area contributed by atoms with Crippen LogP contribution < -0.4 is 5.32 Å². The van der Waals surface area contributed by atoms with Crippen LogP contribution in [-0.4, -0.2) is 35.4 Å². The Bertz CT molecular complexity index is 722. The highest BCUT2D eigenvalue weighted by Crippen LogP contribution is 2.23. The molecule has 1 aliphatic rings. The van der Waals surface area contributed by atoms with Crippen molar-refractivity contribution in [1.82, 2.24) is 15.2 Å². The van der Waals surface area contributed by atoms with Crippen molar-refractivity contribution in [2.24, 2.45) is 5.92 Å². The Labute approximate surface area is 168 Å². The molecule has 4 heteroatoms. The molecule has 0 bridgehead atoms. The molecule has 2 aromatic rings. The third-order valence-electron chi connectivity index (χ3n) is 5.41. The van der Waals surface area contributed by atoms with Crippen LogP contribution in [0.25, 0.3) is 6.08 Å². The van der Waals surface area contributed by atoms with Crippen molar-refractivity contribution in [3.05, 3.63) is 72.1 Å². The van der Waals surface area contributed by atoms with E-state index in [4.69, 9.17) is 0 Å². The number of nitrogens with one attached hydrogen (secondary N) is 1. The standard InChI is InChI=1S/C24H31N3O/c28-24(12-11-22-10-6-15-25-19-22)26-16-5-4-7-21-13-17-27(18-14-21)20-23-8-2-1-3-9-23/h1-3,6,8-12,15,19,21H,4-5,7,13-14,16-18,20H2,(H,26,28)/b12-11+. The summed E-state index contributed by atoms with van der Waals surface area (Å²) in [5.41, 5.74) is 2.35. The van der Waals surface area contributed by atoms with Crippen molar-refractivity contribution in [3.63, 3.8) is 0 Å². The number of unbranched alkanes of at least 4 members (excludes halogenated alkanes) is 1. The summed E-state index contributed by atoms with van der Waals surface area (Å²) in [5.74, 6) is 0.811. The number of hydrogen-bond donors (Lipinski definition) is 1. The number of rotatable bonds is 9. The highest BCUT2D eigenvalue weighted by molar-refractivity contribution is 5.91. The van der Waals surface area contributed by atoms with E-state index in [9.17, 15) is 4.79 Å².